The summed E-state index contributed by atoms with van der Waals surface area (Å²) in [6, 6.07) is 7.02. The van der Waals surface area contributed by atoms with E-state index in [-0.39, 0.29) is 40.7 Å². The molecule has 0 radical (unpaired) electrons. The molecule has 1 aromatic heterocycles. The lowest BCUT2D eigenvalue weighted by molar-refractivity contribution is 0.0907. The Morgan fingerprint density at radius 2 is 2.14 bits per heavy atom. The van der Waals surface area contributed by atoms with E-state index in [9.17, 15) is 14.7 Å². The van der Waals surface area contributed by atoms with Crippen LogP contribution >= 0.6 is 11.6 Å². The monoisotopic (exact) mass is 307 g/mol. The number of carbonyl (C=O) groups excluding carboxylic acids is 2. The standard InChI is InChI=1S/C15H14ClNO4/c1-9(7-13(19)14-3-2-6-21-14)17-15(20)10-4-5-12(18)11(16)8-10/h2-6,8-9,18H,7H2,1H3,(H,17,20)/t9-/m1/s1. The molecule has 2 rings (SSSR count). The molecule has 1 heterocycles. The van der Waals surface area contributed by atoms with Crippen LogP contribution in [-0.4, -0.2) is 22.8 Å². The third-order valence-electron chi connectivity index (χ3n) is 2.87. The van der Waals surface area contributed by atoms with Crippen molar-refractivity contribution in [1.29, 1.82) is 0 Å². The van der Waals surface area contributed by atoms with Gasteiger partial charge < -0.3 is 14.8 Å². The fraction of sp³-hybridized carbons (Fsp3) is 0.200. The summed E-state index contributed by atoms with van der Waals surface area (Å²) in [5.74, 6) is -0.369. The number of phenolic OH excluding ortho intramolecular Hbond substituents is 1. The number of halogens is 1. The lowest BCUT2D eigenvalue weighted by Gasteiger charge is -2.13. The number of hydrogen-bond acceptors (Lipinski definition) is 4. The second-order valence-corrected chi connectivity index (χ2v) is 5.05. The number of hydrogen-bond donors (Lipinski definition) is 2. The van der Waals surface area contributed by atoms with Gasteiger partial charge in [-0.05, 0) is 37.3 Å². The molecule has 21 heavy (non-hydrogen) atoms. The summed E-state index contributed by atoms with van der Waals surface area (Å²) in [5, 5.41) is 12.1. The van der Waals surface area contributed by atoms with Crippen molar-refractivity contribution in [2.45, 2.75) is 19.4 Å². The first-order chi connectivity index (χ1) is 9.97. The Bertz CT molecular complexity index is 652. The van der Waals surface area contributed by atoms with E-state index >= 15 is 0 Å². The second kappa shape index (κ2) is 6.45. The van der Waals surface area contributed by atoms with Gasteiger partial charge in [-0.15, -0.1) is 0 Å². The summed E-state index contributed by atoms with van der Waals surface area (Å²) in [7, 11) is 0. The Kier molecular flexibility index (Phi) is 4.65. The summed E-state index contributed by atoms with van der Waals surface area (Å²) in [6.07, 6.45) is 1.56. The Labute approximate surface area is 126 Å². The highest BCUT2D eigenvalue weighted by Gasteiger charge is 2.16. The molecular weight excluding hydrogens is 294 g/mol. The van der Waals surface area contributed by atoms with Crippen molar-refractivity contribution in [2.24, 2.45) is 0 Å². The summed E-state index contributed by atoms with van der Waals surface area (Å²) in [4.78, 5) is 23.8. The molecule has 2 N–H and O–H groups in total. The number of ketones is 1. The van der Waals surface area contributed by atoms with Crippen LogP contribution in [0.3, 0.4) is 0 Å². The van der Waals surface area contributed by atoms with Crippen molar-refractivity contribution in [1.82, 2.24) is 5.32 Å². The molecule has 0 bridgehead atoms. The van der Waals surface area contributed by atoms with E-state index in [0.29, 0.717) is 5.56 Å². The quantitative estimate of drug-likeness (QED) is 0.832. The van der Waals surface area contributed by atoms with Gasteiger partial charge in [0.15, 0.2) is 11.5 Å². The van der Waals surface area contributed by atoms with Crippen LogP contribution in [0.4, 0.5) is 0 Å². The fourth-order valence-corrected chi connectivity index (χ4v) is 2.00. The molecule has 5 nitrogen and oxygen atoms in total. The van der Waals surface area contributed by atoms with Gasteiger partial charge in [0.2, 0.25) is 0 Å². The van der Waals surface area contributed by atoms with E-state index in [2.05, 4.69) is 5.32 Å². The maximum absolute atomic E-state index is 12.0. The van der Waals surface area contributed by atoms with Crippen LogP contribution < -0.4 is 5.32 Å². The largest absolute Gasteiger partial charge is 0.506 e. The summed E-state index contributed by atoms with van der Waals surface area (Å²) >= 11 is 5.75. The molecule has 0 unspecified atom stereocenters. The van der Waals surface area contributed by atoms with Crippen LogP contribution in [0.5, 0.6) is 5.75 Å². The van der Waals surface area contributed by atoms with Gasteiger partial charge >= 0.3 is 0 Å². The average Bonchev–Trinajstić information content (AvgIpc) is 2.95. The topological polar surface area (TPSA) is 79.5 Å². The number of furan rings is 1. The minimum absolute atomic E-state index is 0.0886. The van der Waals surface area contributed by atoms with Gasteiger partial charge in [0, 0.05) is 18.0 Å². The third-order valence-corrected chi connectivity index (χ3v) is 3.18. The molecule has 0 aliphatic carbocycles. The zero-order chi connectivity index (χ0) is 15.4. The van der Waals surface area contributed by atoms with Gasteiger partial charge in [-0.2, -0.15) is 0 Å². The number of nitrogens with one attached hydrogen (secondary N) is 1. The molecule has 2 aromatic rings. The molecule has 6 heteroatoms. The number of amides is 1. The van der Waals surface area contributed by atoms with Crippen LogP contribution in [0.15, 0.2) is 41.0 Å². The van der Waals surface area contributed by atoms with E-state index in [4.69, 9.17) is 16.0 Å². The number of benzene rings is 1. The summed E-state index contributed by atoms with van der Waals surface area (Å²) in [6.45, 7) is 1.72. The average molecular weight is 308 g/mol. The van der Waals surface area contributed by atoms with Crippen LogP contribution in [0.2, 0.25) is 5.02 Å². The molecule has 1 aromatic carbocycles. The second-order valence-electron chi connectivity index (χ2n) is 4.65. The SMILES string of the molecule is C[C@H](CC(=O)c1ccco1)NC(=O)c1ccc(O)c(Cl)c1. The Balaban J connectivity index is 1.95. The Morgan fingerprint density at radius 1 is 1.38 bits per heavy atom. The van der Waals surface area contributed by atoms with E-state index in [1.165, 1.54) is 24.5 Å². The minimum Gasteiger partial charge on any atom is -0.506 e. The van der Waals surface area contributed by atoms with Crippen molar-refractivity contribution in [3.05, 3.63) is 52.9 Å². The molecule has 0 aliphatic rings. The zero-order valence-electron chi connectivity index (χ0n) is 11.3. The van der Waals surface area contributed by atoms with E-state index in [0.717, 1.165) is 0 Å². The predicted octanol–water partition coefficient (Wildman–Crippen LogP) is 3.03. The smallest absolute Gasteiger partial charge is 0.251 e. The van der Waals surface area contributed by atoms with Crippen molar-refractivity contribution < 1.29 is 19.1 Å². The van der Waals surface area contributed by atoms with Gasteiger partial charge in [-0.1, -0.05) is 11.6 Å². The highest BCUT2D eigenvalue weighted by molar-refractivity contribution is 6.32. The van der Waals surface area contributed by atoms with Crippen molar-refractivity contribution >= 4 is 23.3 Å². The Hall–Kier alpha value is -2.27. The normalized spacial score (nSPS) is 11.9. The van der Waals surface area contributed by atoms with Gasteiger partial charge in [-0.25, -0.2) is 0 Å². The van der Waals surface area contributed by atoms with Crippen LogP contribution in [0, 0.1) is 0 Å². The highest BCUT2D eigenvalue weighted by Crippen LogP contribution is 2.23. The molecule has 0 aliphatic heterocycles. The van der Waals surface area contributed by atoms with Gasteiger partial charge in [0.1, 0.15) is 5.75 Å². The number of aromatic hydroxyl groups is 1. The van der Waals surface area contributed by atoms with E-state index in [1.807, 2.05) is 0 Å². The first kappa shape index (κ1) is 15.1. The number of carbonyl (C=O) groups is 2. The van der Waals surface area contributed by atoms with Crippen molar-refractivity contribution in [3.8, 4) is 5.75 Å². The lowest BCUT2D eigenvalue weighted by atomic mass is 10.1. The molecule has 0 saturated carbocycles. The zero-order valence-corrected chi connectivity index (χ0v) is 12.1. The third kappa shape index (κ3) is 3.86. The Morgan fingerprint density at radius 3 is 2.76 bits per heavy atom. The van der Waals surface area contributed by atoms with Gasteiger partial charge in [0.05, 0.1) is 11.3 Å². The first-order valence-electron chi connectivity index (χ1n) is 6.33. The van der Waals surface area contributed by atoms with Crippen molar-refractivity contribution in [2.75, 3.05) is 0 Å². The van der Waals surface area contributed by atoms with Crippen LogP contribution in [-0.2, 0) is 0 Å². The van der Waals surface area contributed by atoms with Crippen LogP contribution in [0.1, 0.15) is 34.3 Å². The summed E-state index contributed by atoms with van der Waals surface area (Å²) in [5.41, 5.74) is 0.315. The van der Waals surface area contributed by atoms with Gasteiger partial charge in [0.25, 0.3) is 5.91 Å². The molecule has 0 fully saturated rings. The fourth-order valence-electron chi connectivity index (χ4n) is 1.82. The number of rotatable bonds is 5. The molecule has 0 saturated heterocycles. The van der Waals surface area contributed by atoms with Crippen molar-refractivity contribution in [3.63, 3.8) is 0 Å². The predicted molar refractivity (Wildman–Crippen MR) is 77.7 cm³/mol. The molecule has 1 atom stereocenters. The van der Waals surface area contributed by atoms with Crippen LogP contribution in [0.25, 0.3) is 0 Å². The van der Waals surface area contributed by atoms with Gasteiger partial charge in [-0.3, -0.25) is 9.59 Å². The molecular formula is C15H14ClNO4. The number of Topliss-reactive ketones (excluding diaryl/α,β-unsaturated/α-hetero) is 1. The van der Waals surface area contributed by atoms with E-state index < -0.39 is 0 Å². The first-order valence-corrected chi connectivity index (χ1v) is 6.71. The number of phenols is 1. The highest BCUT2D eigenvalue weighted by atomic mass is 35.5. The summed E-state index contributed by atoms with van der Waals surface area (Å²) < 4.78 is 5.01. The molecule has 1 amide bonds. The lowest BCUT2D eigenvalue weighted by Crippen LogP contribution is -2.34. The molecule has 110 valence electrons. The minimum atomic E-state index is -0.364. The maximum atomic E-state index is 12.0. The molecule has 0 spiro atoms. The van der Waals surface area contributed by atoms with E-state index in [1.54, 1.807) is 19.1 Å². The maximum Gasteiger partial charge on any atom is 0.251 e.